The van der Waals surface area contributed by atoms with Crippen LogP contribution in [0.2, 0.25) is 0 Å². The fourth-order valence-corrected chi connectivity index (χ4v) is 8.47. The average molecular weight is 1010 g/mol. The van der Waals surface area contributed by atoms with Gasteiger partial charge in [-0.25, -0.2) is 23.7 Å². The Balaban J connectivity index is 0.000000463. The fraction of sp³-hybridized carbons (Fsp3) is 0.347. The van der Waals surface area contributed by atoms with Crippen molar-refractivity contribution >= 4 is 68.2 Å². The number of imidazole rings is 1. The molecular formula is C49H55BrF2N14O3. The number of nitrogens with one attached hydrogen (secondary N) is 2. The average Bonchev–Trinajstić information content (AvgIpc) is 4.02. The van der Waals surface area contributed by atoms with E-state index in [9.17, 15) is 18.4 Å². The predicted molar refractivity (Wildman–Crippen MR) is 267 cm³/mol. The van der Waals surface area contributed by atoms with Gasteiger partial charge in [-0.15, -0.1) is 0 Å². The fourth-order valence-electron chi connectivity index (χ4n) is 8.12. The molecular weight excluding hydrogens is 951 g/mol. The molecule has 9 rings (SSSR count). The summed E-state index contributed by atoms with van der Waals surface area (Å²) < 4.78 is 36.1. The summed E-state index contributed by atoms with van der Waals surface area (Å²) in [6.45, 7) is 14.1. The number of piperazine rings is 1. The molecule has 1 saturated carbocycles. The molecule has 20 heteroatoms. The molecule has 1 aliphatic carbocycles. The number of carbonyl (C=O) groups is 2. The summed E-state index contributed by atoms with van der Waals surface area (Å²) in [6.07, 6.45) is 5.85. The highest BCUT2D eigenvalue weighted by molar-refractivity contribution is 9.10. The number of nitrogens with zero attached hydrogens (tertiary/aromatic N) is 11. The van der Waals surface area contributed by atoms with Crippen LogP contribution in [-0.2, 0) is 11.3 Å². The van der Waals surface area contributed by atoms with Gasteiger partial charge in [0.2, 0.25) is 11.9 Å². The molecule has 0 bridgehead atoms. The maximum absolute atomic E-state index is 14.6. The third-order valence-electron chi connectivity index (χ3n) is 12.5. The molecule has 7 aromatic rings. The zero-order chi connectivity index (χ0) is 49.1. The van der Waals surface area contributed by atoms with E-state index in [4.69, 9.17) is 25.4 Å². The summed E-state index contributed by atoms with van der Waals surface area (Å²) in [7, 11) is 5.49. The lowest BCUT2D eigenvalue weighted by Crippen LogP contribution is -2.45. The highest BCUT2D eigenvalue weighted by atomic mass is 79.9. The number of amides is 1. The normalized spacial score (nSPS) is 13.8. The molecule has 4 N–H and O–H groups in total. The second-order valence-electron chi connectivity index (χ2n) is 17.5. The van der Waals surface area contributed by atoms with Crippen LogP contribution in [0.25, 0.3) is 27.9 Å². The minimum atomic E-state index is -0.440. The lowest BCUT2D eigenvalue weighted by Gasteiger charge is -2.33. The number of carbonyl (C=O) groups excluding carboxylic acids is 2. The molecule has 2 aliphatic rings. The number of aromatic amines is 1. The highest BCUT2D eigenvalue weighted by Gasteiger charge is 2.27. The van der Waals surface area contributed by atoms with Gasteiger partial charge < -0.3 is 40.4 Å². The van der Waals surface area contributed by atoms with Crippen molar-refractivity contribution in [2.75, 3.05) is 87.9 Å². The van der Waals surface area contributed by atoms with Gasteiger partial charge in [0.05, 0.1) is 46.9 Å². The first-order valence-corrected chi connectivity index (χ1v) is 23.4. The van der Waals surface area contributed by atoms with Crippen LogP contribution in [-0.4, -0.2) is 129 Å². The Morgan fingerprint density at radius 1 is 1.04 bits per heavy atom. The SMILES string of the molecule is C=C(CN(Cc1nc2cc(C)c(C)cc2[nH]1)c1nc(N2CCN(C)CC2)nc2c(Br)cnn12)C(=O)N(C)CCOc1c(N)ncnc1-c1cc(F)cc(NC)c1C.O=Cc1ccc(C2CC2)cc1F. The molecule has 17 nitrogen and oxygen atoms in total. The number of benzene rings is 3. The van der Waals surface area contributed by atoms with E-state index in [-0.39, 0.29) is 49.3 Å². The third kappa shape index (κ3) is 10.8. The van der Waals surface area contributed by atoms with E-state index in [2.05, 4.69) is 90.7 Å². The maximum Gasteiger partial charge on any atom is 0.250 e. The highest BCUT2D eigenvalue weighted by Crippen LogP contribution is 2.40. The van der Waals surface area contributed by atoms with Crippen LogP contribution in [0.4, 0.5) is 32.2 Å². The number of aromatic nitrogens is 8. The third-order valence-corrected chi connectivity index (χ3v) is 13.0. The molecule has 0 spiro atoms. The summed E-state index contributed by atoms with van der Waals surface area (Å²) in [4.78, 5) is 59.0. The van der Waals surface area contributed by atoms with E-state index in [1.165, 1.54) is 29.4 Å². The Morgan fingerprint density at radius 2 is 1.80 bits per heavy atom. The van der Waals surface area contributed by atoms with Crippen molar-refractivity contribution in [3.05, 3.63) is 117 Å². The molecule has 1 saturated heterocycles. The van der Waals surface area contributed by atoms with Crippen LogP contribution in [0.5, 0.6) is 5.75 Å². The summed E-state index contributed by atoms with van der Waals surface area (Å²) in [5.74, 6) is 1.43. The largest absolute Gasteiger partial charge is 0.486 e. The number of ether oxygens (including phenoxy) is 1. The van der Waals surface area contributed by atoms with Crippen molar-refractivity contribution < 1.29 is 23.1 Å². The number of halogens is 3. The lowest BCUT2D eigenvalue weighted by molar-refractivity contribution is -0.126. The van der Waals surface area contributed by atoms with Gasteiger partial charge in [-0.2, -0.15) is 19.6 Å². The zero-order valence-electron chi connectivity index (χ0n) is 39.5. The van der Waals surface area contributed by atoms with E-state index in [1.807, 2.05) is 17.9 Å². The van der Waals surface area contributed by atoms with Crippen molar-refractivity contribution in [2.45, 2.75) is 46.1 Å². The number of anilines is 4. The first kappa shape index (κ1) is 48.4. The minimum Gasteiger partial charge on any atom is -0.486 e. The molecule has 0 atom stereocenters. The smallest absolute Gasteiger partial charge is 0.250 e. The van der Waals surface area contributed by atoms with Gasteiger partial charge in [0, 0.05) is 57.1 Å². The van der Waals surface area contributed by atoms with E-state index in [1.54, 1.807) is 30.9 Å². The van der Waals surface area contributed by atoms with E-state index >= 15 is 0 Å². The quantitative estimate of drug-likeness (QED) is 0.0686. The van der Waals surface area contributed by atoms with Crippen LogP contribution in [0.3, 0.4) is 0 Å². The van der Waals surface area contributed by atoms with Crippen molar-refractivity contribution in [1.82, 2.24) is 49.3 Å². The molecule has 1 amide bonds. The molecule has 2 fully saturated rings. The summed E-state index contributed by atoms with van der Waals surface area (Å²) in [5, 5.41) is 7.62. The second-order valence-corrected chi connectivity index (χ2v) is 18.4. The number of rotatable bonds is 15. The molecule has 69 heavy (non-hydrogen) atoms. The van der Waals surface area contributed by atoms with E-state index in [0.717, 1.165) is 72.3 Å². The van der Waals surface area contributed by atoms with Gasteiger partial charge in [0.1, 0.15) is 36.1 Å². The first-order chi connectivity index (χ1) is 33.1. The molecule has 5 heterocycles. The Labute approximate surface area is 406 Å². The van der Waals surface area contributed by atoms with Gasteiger partial charge in [-0.3, -0.25) is 9.59 Å². The Bertz CT molecular complexity index is 3020. The van der Waals surface area contributed by atoms with Crippen molar-refractivity contribution in [3.8, 4) is 17.0 Å². The van der Waals surface area contributed by atoms with Crippen LogP contribution >= 0.6 is 15.9 Å². The van der Waals surface area contributed by atoms with Gasteiger partial charge in [-0.1, -0.05) is 12.6 Å². The Kier molecular flexibility index (Phi) is 14.5. The summed E-state index contributed by atoms with van der Waals surface area (Å²) in [5.41, 5.74) is 14.6. The number of fused-ring (bicyclic) bond motifs is 2. The number of likely N-dealkylation sites (N-methyl/N-ethyl adjacent to an activating group) is 2. The molecule has 360 valence electrons. The van der Waals surface area contributed by atoms with Crippen LogP contribution in [0, 0.1) is 32.4 Å². The minimum absolute atomic E-state index is 0.0527. The molecule has 1 aliphatic heterocycles. The molecule has 4 aromatic heterocycles. The number of nitrogen functional groups attached to an aromatic ring is 1. The molecule has 0 radical (unpaired) electrons. The lowest BCUT2D eigenvalue weighted by atomic mass is 10.0. The number of H-pyrrole nitrogens is 1. The van der Waals surface area contributed by atoms with Crippen LogP contribution in [0.15, 0.2) is 71.6 Å². The molecule has 3 aromatic carbocycles. The topological polar surface area (TPSA) is 192 Å². The van der Waals surface area contributed by atoms with E-state index < -0.39 is 11.6 Å². The number of hydrogen-bond donors (Lipinski definition) is 3. The zero-order valence-corrected chi connectivity index (χ0v) is 41.1. The van der Waals surface area contributed by atoms with Crippen molar-refractivity contribution in [2.24, 2.45) is 0 Å². The second kappa shape index (κ2) is 20.7. The summed E-state index contributed by atoms with van der Waals surface area (Å²) >= 11 is 3.63. The number of nitrogens with two attached hydrogens (primary N) is 1. The van der Waals surface area contributed by atoms with Crippen molar-refractivity contribution in [1.29, 1.82) is 0 Å². The number of aryl methyl sites for hydroxylation is 2. The number of aldehydes is 1. The van der Waals surface area contributed by atoms with Crippen LogP contribution in [0.1, 0.15) is 57.2 Å². The number of hydrogen-bond acceptors (Lipinski definition) is 14. The van der Waals surface area contributed by atoms with Crippen molar-refractivity contribution in [3.63, 3.8) is 0 Å². The maximum atomic E-state index is 14.6. The van der Waals surface area contributed by atoms with Gasteiger partial charge in [-0.05, 0) is 121 Å². The van der Waals surface area contributed by atoms with E-state index in [0.29, 0.717) is 62.6 Å². The monoisotopic (exact) mass is 1000 g/mol. The standard InChI is InChI=1S/C39H46BrFN14O2.C10H9FO/c1-22-14-30-31(15-23(22)2)48-32(47-30)20-54(39-50-38(53-10-8-51(6)9-11-53)49-36-28(40)18-46-55(36)39)19-24(3)37(56)52(7)12-13-57-34-33(44-21-45-35(34)42)27-16-26(41)17-29(43-5)25(27)4;11-10-5-8(7-1-2-7)3-4-9(10)6-12/h14-18,21,43H,3,8-13,19-20H2,1-2,4-7H3,(H,47,48)(H2,42,44,45);3-7H,1-2H2. The summed E-state index contributed by atoms with van der Waals surface area (Å²) in [6, 6.07) is 11.8. The van der Waals surface area contributed by atoms with Crippen LogP contribution < -0.4 is 25.6 Å². The Hall–Kier alpha value is -7.06. The van der Waals surface area contributed by atoms with Gasteiger partial charge in [0.15, 0.2) is 23.5 Å². The van der Waals surface area contributed by atoms with Gasteiger partial charge >= 0.3 is 0 Å². The molecule has 0 unspecified atom stereocenters. The predicted octanol–water partition coefficient (Wildman–Crippen LogP) is 7.28. The first-order valence-electron chi connectivity index (χ1n) is 22.6. The van der Waals surface area contributed by atoms with Gasteiger partial charge in [0.25, 0.3) is 5.91 Å². The Morgan fingerprint density at radius 3 is 2.51 bits per heavy atom.